The SMILES string of the molecule is C#Cc1ccc(C23CC4(C)CC(C)(CC(c5ccc(C67CC8(C)CC(C)(C6)CC(c6ccc(C#C)c(C#C)c6)(C8)C7)cc5)(C4)C2)C3)cc1C#C. The summed E-state index contributed by atoms with van der Waals surface area (Å²) in [5.41, 5.74) is 11.2. The first-order valence-corrected chi connectivity index (χ1v) is 18.9. The third-order valence-electron chi connectivity index (χ3n) is 15.2. The van der Waals surface area contributed by atoms with Crippen molar-refractivity contribution in [1.82, 2.24) is 0 Å². The van der Waals surface area contributed by atoms with E-state index in [4.69, 9.17) is 25.7 Å². The van der Waals surface area contributed by atoms with Gasteiger partial charge in [0.2, 0.25) is 0 Å². The van der Waals surface area contributed by atoms with E-state index < -0.39 is 0 Å². The maximum absolute atomic E-state index is 6.00. The topological polar surface area (TPSA) is 0 Å². The van der Waals surface area contributed by atoms with Crippen LogP contribution < -0.4 is 0 Å². The molecule has 3 aromatic carbocycles. The van der Waals surface area contributed by atoms with Crippen LogP contribution in [0.4, 0.5) is 0 Å². The number of hydrogen-bond donors (Lipinski definition) is 0. The van der Waals surface area contributed by atoms with Crippen molar-refractivity contribution in [2.45, 2.75) is 126 Å². The van der Waals surface area contributed by atoms with Crippen LogP contribution in [-0.4, -0.2) is 0 Å². The summed E-state index contributed by atoms with van der Waals surface area (Å²) in [6, 6.07) is 23.7. The van der Waals surface area contributed by atoms with E-state index in [1.165, 1.54) is 88.2 Å². The van der Waals surface area contributed by atoms with Gasteiger partial charge in [0, 0.05) is 22.3 Å². The van der Waals surface area contributed by atoms with E-state index in [0.29, 0.717) is 21.7 Å². The molecule has 8 bridgehead atoms. The lowest BCUT2D eigenvalue weighted by atomic mass is 9.34. The van der Waals surface area contributed by atoms with Crippen molar-refractivity contribution >= 4 is 0 Å². The van der Waals surface area contributed by atoms with Crippen molar-refractivity contribution in [3.63, 3.8) is 0 Å². The van der Waals surface area contributed by atoms with Crippen molar-refractivity contribution in [3.05, 3.63) is 105 Å². The Kier molecular flexibility index (Phi) is 6.25. The van der Waals surface area contributed by atoms with Gasteiger partial charge in [-0.15, -0.1) is 25.7 Å². The zero-order valence-electron chi connectivity index (χ0n) is 30.6. The van der Waals surface area contributed by atoms with Crippen LogP contribution in [0.15, 0.2) is 60.7 Å². The molecule has 11 rings (SSSR count). The molecule has 0 saturated heterocycles. The highest BCUT2D eigenvalue weighted by molar-refractivity contribution is 5.54. The average Bonchev–Trinajstić information content (AvgIpc) is 3.04. The highest BCUT2D eigenvalue weighted by Crippen LogP contribution is 2.76. The number of terminal acetylenes is 4. The molecule has 0 aromatic heterocycles. The van der Waals surface area contributed by atoms with Gasteiger partial charge in [-0.1, -0.05) is 87.8 Å². The van der Waals surface area contributed by atoms with Gasteiger partial charge in [0.1, 0.15) is 0 Å². The third kappa shape index (κ3) is 4.37. The van der Waals surface area contributed by atoms with Crippen LogP contribution >= 0.6 is 0 Å². The second-order valence-electron chi connectivity index (χ2n) is 20.2. The zero-order chi connectivity index (χ0) is 35.0. The fraction of sp³-hybridized carbons (Fsp3) is 0.480. The molecule has 0 N–H and O–H groups in total. The predicted octanol–water partition coefficient (Wildman–Crippen LogP) is 10.8. The number of rotatable bonds is 4. The van der Waals surface area contributed by atoms with E-state index in [1.54, 1.807) is 11.1 Å². The van der Waals surface area contributed by atoms with Gasteiger partial charge in [0.25, 0.3) is 0 Å². The van der Waals surface area contributed by atoms with Gasteiger partial charge < -0.3 is 0 Å². The van der Waals surface area contributed by atoms with E-state index in [1.807, 2.05) is 0 Å². The second-order valence-corrected chi connectivity index (χ2v) is 20.2. The van der Waals surface area contributed by atoms with E-state index >= 15 is 0 Å². The quantitative estimate of drug-likeness (QED) is 0.247. The Labute approximate surface area is 301 Å². The summed E-state index contributed by atoms with van der Waals surface area (Å²) in [5.74, 6) is 11.5. The minimum absolute atomic E-state index is 0.122. The van der Waals surface area contributed by atoms with Crippen LogP contribution in [0.5, 0.6) is 0 Å². The van der Waals surface area contributed by atoms with Crippen molar-refractivity contribution < 1.29 is 0 Å². The van der Waals surface area contributed by atoms with Gasteiger partial charge in [0.05, 0.1) is 0 Å². The first kappa shape index (κ1) is 31.9. The van der Waals surface area contributed by atoms with Crippen LogP contribution in [-0.2, 0) is 21.7 Å². The maximum atomic E-state index is 6.00. The zero-order valence-corrected chi connectivity index (χ0v) is 30.6. The van der Waals surface area contributed by atoms with Crippen molar-refractivity contribution in [2.24, 2.45) is 21.7 Å². The summed E-state index contributed by atoms with van der Waals surface area (Å²) in [6.45, 7) is 10.3. The Bertz CT molecular complexity index is 1950. The van der Waals surface area contributed by atoms with Crippen molar-refractivity contribution in [1.29, 1.82) is 0 Å². The standard InChI is InChI=1S/C50H50/c1-9-35-13-15-41(21-37(35)11-3)49-29-43(5)23-44(6,30-49)26-47(25-43,33-49)39-17-19-40(20-18-39)48-27-45(7)24-46(8,28-48)32-50(31-45,34-48)42-16-14-36(10-2)38(12-4)22-42/h1-4,13-22H,23-34H2,5-8H3. The average molecular weight is 651 g/mol. The highest BCUT2D eigenvalue weighted by Gasteiger charge is 2.68. The fourth-order valence-electron chi connectivity index (χ4n) is 16.0. The van der Waals surface area contributed by atoms with Crippen LogP contribution in [0.1, 0.15) is 149 Å². The number of hydrogen-bond acceptors (Lipinski definition) is 0. The first-order chi connectivity index (χ1) is 23.7. The van der Waals surface area contributed by atoms with Gasteiger partial charge >= 0.3 is 0 Å². The molecule has 0 heterocycles. The van der Waals surface area contributed by atoms with Crippen LogP contribution in [0, 0.1) is 71.0 Å². The predicted molar refractivity (Wildman–Crippen MR) is 206 cm³/mol. The lowest BCUT2D eigenvalue weighted by Gasteiger charge is -2.70. The summed E-state index contributed by atoms with van der Waals surface area (Å²) in [7, 11) is 0. The Morgan fingerprint density at radius 2 is 0.600 bits per heavy atom. The molecule has 0 amide bonds. The normalized spacial score (nSPS) is 41.6. The molecule has 3 aromatic rings. The van der Waals surface area contributed by atoms with Gasteiger partial charge in [-0.3, -0.25) is 0 Å². The molecule has 4 atom stereocenters. The largest absolute Gasteiger partial charge is 0.115 e. The van der Waals surface area contributed by atoms with E-state index in [2.05, 4.69) is 112 Å². The summed E-state index contributed by atoms with van der Waals surface area (Å²) in [5, 5.41) is 0. The molecule has 0 spiro atoms. The van der Waals surface area contributed by atoms with Crippen molar-refractivity contribution in [2.75, 3.05) is 0 Å². The molecular weight excluding hydrogens is 601 g/mol. The highest BCUT2D eigenvalue weighted by atomic mass is 14.7. The minimum Gasteiger partial charge on any atom is -0.115 e. The summed E-state index contributed by atoms with van der Waals surface area (Å²) < 4.78 is 0. The molecule has 8 aliphatic carbocycles. The Morgan fingerprint density at radius 1 is 0.340 bits per heavy atom. The lowest BCUT2D eigenvalue weighted by Crippen LogP contribution is -2.63. The van der Waals surface area contributed by atoms with Gasteiger partial charge in [-0.25, -0.2) is 0 Å². The summed E-state index contributed by atoms with van der Waals surface area (Å²) in [4.78, 5) is 0. The smallest absolute Gasteiger partial charge is 0.0402 e. The second kappa shape index (κ2) is 9.81. The van der Waals surface area contributed by atoms with Gasteiger partial charge in [-0.2, -0.15) is 0 Å². The van der Waals surface area contributed by atoms with Crippen LogP contribution in [0.3, 0.4) is 0 Å². The van der Waals surface area contributed by atoms with Crippen LogP contribution in [0.2, 0.25) is 0 Å². The van der Waals surface area contributed by atoms with E-state index in [-0.39, 0.29) is 21.7 Å². The fourth-order valence-corrected chi connectivity index (χ4v) is 16.0. The Balaban J connectivity index is 1.11. The molecular formula is C50H50. The molecule has 0 aliphatic heterocycles. The minimum atomic E-state index is 0.122. The van der Waals surface area contributed by atoms with Crippen LogP contribution in [0.25, 0.3) is 0 Å². The molecule has 0 radical (unpaired) electrons. The van der Waals surface area contributed by atoms with Gasteiger partial charge in [-0.05, 0) is 167 Å². The Hall–Kier alpha value is -4.10. The Morgan fingerprint density at radius 3 is 0.880 bits per heavy atom. The first-order valence-electron chi connectivity index (χ1n) is 18.9. The lowest BCUT2D eigenvalue weighted by molar-refractivity contribution is -0.128. The molecule has 0 nitrogen and oxygen atoms in total. The monoisotopic (exact) mass is 650 g/mol. The summed E-state index contributed by atoms with van der Waals surface area (Å²) in [6.07, 6.45) is 38.8. The van der Waals surface area contributed by atoms with Crippen molar-refractivity contribution in [3.8, 4) is 49.4 Å². The molecule has 50 heavy (non-hydrogen) atoms. The third-order valence-corrected chi connectivity index (χ3v) is 15.2. The van der Waals surface area contributed by atoms with Gasteiger partial charge in [0.15, 0.2) is 0 Å². The molecule has 4 unspecified atom stereocenters. The molecule has 8 fully saturated rings. The molecule has 8 aliphatic rings. The molecule has 8 saturated carbocycles. The van der Waals surface area contributed by atoms with E-state index in [9.17, 15) is 0 Å². The maximum Gasteiger partial charge on any atom is 0.0402 e. The van der Waals surface area contributed by atoms with E-state index in [0.717, 1.165) is 22.3 Å². The summed E-state index contributed by atoms with van der Waals surface area (Å²) >= 11 is 0. The molecule has 0 heteroatoms. The number of benzene rings is 3. The molecule has 250 valence electrons.